The Hall–Kier alpha value is -0.260. The van der Waals surface area contributed by atoms with E-state index in [1.54, 1.807) is 0 Å². The highest BCUT2D eigenvalue weighted by Gasteiger charge is 2.32. The highest BCUT2D eigenvalue weighted by molar-refractivity contribution is 5.06. The van der Waals surface area contributed by atoms with E-state index in [2.05, 4.69) is 39.8 Å². The lowest BCUT2D eigenvalue weighted by molar-refractivity contribution is 0.226. The molecule has 0 fully saturated rings. The molecule has 0 nitrogen and oxygen atoms in total. The molecule has 0 amide bonds. The van der Waals surface area contributed by atoms with Crippen LogP contribution in [0.2, 0.25) is 0 Å². The lowest BCUT2D eigenvalue weighted by atomic mass is 9.75. The summed E-state index contributed by atoms with van der Waals surface area (Å²) in [7, 11) is 0. The molecule has 0 heteroatoms. The van der Waals surface area contributed by atoms with Gasteiger partial charge in [-0.3, -0.25) is 0 Å². The van der Waals surface area contributed by atoms with Gasteiger partial charge in [0, 0.05) is 0 Å². The summed E-state index contributed by atoms with van der Waals surface area (Å²) in [4.78, 5) is 0. The van der Waals surface area contributed by atoms with Crippen LogP contribution in [0.25, 0.3) is 0 Å². The quantitative estimate of drug-likeness (QED) is 0.488. The first-order valence-electron chi connectivity index (χ1n) is 4.21. The second-order valence-corrected chi connectivity index (χ2v) is 4.39. The summed E-state index contributed by atoms with van der Waals surface area (Å²) in [6, 6.07) is 0. The number of hydrogen-bond donors (Lipinski definition) is 0. The summed E-state index contributed by atoms with van der Waals surface area (Å²) < 4.78 is 0. The van der Waals surface area contributed by atoms with Gasteiger partial charge in [0.05, 0.1) is 0 Å². The molecule has 0 aromatic carbocycles. The molecule has 0 aromatic heterocycles. The van der Waals surface area contributed by atoms with Gasteiger partial charge in [0.15, 0.2) is 0 Å². The molecule has 0 bridgehead atoms. The van der Waals surface area contributed by atoms with Crippen LogP contribution >= 0.6 is 0 Å². The Morgan fingerprint density at radius 3 is 2.20 bits per heavy atom. The minimum absolute atomic E-state index is 0.522. The SMILES string of the molecule is CC(C)C1C=CCC1(C)C. The van der Waals surface area contributed by atoms with Gasteiger partial charge in [-0.2, -0.15) is 0 Å². The van der Waals surface area contributed by atoms with Crippen molar-refractivity contribution in [3.05, 3.63) is 12.2 Å². The fourth-order valence-corrected chi connectivity index (χ4v) is 2.04. The molecule has 0 aliphatic heterocycles. The van der Waals surface area contributed by atoms with Crippen molar-refractivity contribution in [3.8, 4) is 0 Å². The normalized spacial score (nSPS) is 29.9. The molecule has 1 atom stereocenters. The maximum Gasteiger partial charge on any atom is -0.0156 e. The zero-order valence-electron chi connectivity index (χ0n) is 7.52. The zero-order valence-corrected chi connectivity index (χ0v) is 7.52. The summed E-state index contributed by atoms with van der Waals surface area (Å²) in [5.41, 5.74) is 0.522. The molecule has 1 rings (SSSR count). The largest absolute Gasteiger partial charge is 0.0877 e. The van der Waals surface area contributed by atoms with Crippen LogP contribution in [0.3, 0.4) is 0 Å². The molecule has 0 radical (unpaired) electrons. The first-order chi connectivity index (χ1) is 4.54. The van der Waals surface area contributed by atoms with Gasteiger partial charge < -0.3 is 0 Å². The van der Waals surface area contributed by atoms with E-state index in [1.165, 1.54) is 6.42 Å². The standard InChI is InChI=1S/C10H18/c1-8(2)9-6-5-7-10(9,3)4/h5-6,8-9H,7H2,1-4H3. The predicted octanol–water partition coefficient (Wildman–Crippen LogP) is 3.24. The van der Waals surface area contributed by atoms with E-state index in [9.17, 15) is 0 Å². The van der Waals surface area contributed by atoms with Gasteiger partial charge in [-0.25, -0.2) is 0 Å². The molecular formula is C10H18. The lowest BCUT2D eigenvalue weighted by Gasteiger charge is -2.29. The number of rotatable bonds is 1. The second-order valence-electron chi connectivity index (χ2n) is 4.39. The average molecular weight is 138 g/mol. The van der Waals surface area contributed by atoms with Gasteiger partial charge in [-0.15, -0.1) is 0 Å². The van der Waals surface area contributed by atoms with Crippen LogP contribution in [0.15, 0.2) is 12.2 Å². The molecule has 0 spiro atoms. The number of hydrogen-bond acceptors (Lipinski definition) is 0. The van der Waals surface area contributed by atoms with Crippen molar-refractivity contribution in [3.63, 3.8) is 0 Å². The number of allylic oxidation sites excluding steroid dienone is 2. The smallest absolute Gasteiger partial charge is 0.0156 e. The van der Waals surface area contributed by atoms with Crippen LogP contribution in [0, 0.1) is 17.3 Å². The summed E-state index contributed by atoms with van der Waals surface area (Å²) in [6.07, 6.45) is 5.96. The van der Waals surface area contributed by atoms with Crippen molar-refractivity contribution < 1.29 is 0 Å². The van der Waals surface area contributed by atoms with Crippen molar-refractivity contribution in [2.45, 2.75) is 34.1 Å². The summed E-state index contributed by atoms with van der Waals surface area (Å²) >= 11 is 0. The second kappa shape index (κ2) is 2.41. The van der Waals surface area contributed by atoms with E-state index < -0.39 is 0 Å². The fraction of sp³-hybridized carbons (Fsp3) is 0.800. The molecule has 0 aromatic rings. The van der Waals surface area contributed by atoms with Crippen LogP contribution in [-0.4, -0.2) is 0 Å². The van der Waals surface area contributed by atoms with Gasteiger partial charge in [-0.1, -0.05) is 39.8 Å². The lowest BCUT2D eigenvalue weighted by Crippen LogP contribution is -2.22. The van der Waals surface area contributed by atoms with Gasteiger partial charge in [-0.05, 0) is 23.7 Å². The molecular weight excluding hydrogens is 120 g/mol. The Kier molecular flexibility index (Phi) is 1.89. The zero-order chi connectivity index (χ0) is 7.78. The Balaban J connectivity index is 2.67. The Morgan fingerprint density at radius 2 is 2.00 bits per heavy atom. The molecule has 1 unspecified atom stereocenters. The van der Waals surface area contributed by atoms with Crippen LogP contribution in [0.1, 0.15) is 34.1 Å². The molecule has 1 aliphatic carbocycles. The van der Waals surface area contributed by atoms with E-state index in [4.69, 9.17) is 0 Å². The van der Waals surface area contributed by atoms with Crippen molar-refractivity contribution >= 4 is 0 Å². The van der Waals surface area contributed by atoms with Crippen LogP contribution in [0.5, 0.6) is 0 Å². The van der Waals surface area contributed by atoms with Gasteiger partial charge in [0.1, 0.15) is 0 Å². The van der Waals surface area contributed by atoms with Crippen LogP contribution in [-0.2, 0) is 0 Å². The Labute approximate surface area is 64.3 Å². The van der Waals surface area contributed by atoms with E-state index in [0.717, 1.165) is 11.8 Å². The van der Waals surface area contributed by atoms with Crippen molar-refractivity contribution in [1.29, 1.82) is 0 Å². The highest BCUT2D eigenvalue weighted by atomic mass is 14.4. The third-order valence-electron chi connectivity index (χ3n) is 2.61. The topological polar surface area (TPSA) is 0 Å². The van der Waals surface area contributed by atoms with E-state index >= 15 is 0 Å². The maximum absolute atomic E-state index is 2.38. The molecule has 58 valence electrons. The van der Waals surface area contributed by atoms with Crippen molar-refractivity contribution in [2.75, 3.05) is 0 Å². The third-order valence-corrected chi connectivity index (χ3v) is 2.61. The first kappa shape index (κ1) is 7.84. The fourth-order valence-electron chi connectivity index (χ4n) is 2.04. The molecule has 10 heavy (non-hydrogen) atoms. The van der Waals surface area contributed by atoms with Crippen LogP contribution < -0.4 is 0 Å². The van der Waals surface area contributed by atoms with Crippen LogP contribution in [0.4, 0.5) is 0 Å². The molecule has 0 saturated carbocycles. The first-order valence-corrected chi connectivity index (χ1v) is 4.21. The van der Waals surface area contributed by atoms with Gasteiger partial charge >= 0.3 is 0 Å². The third kappa shape index (κ3) is 1.25. The average Bonchev–Trinajstić information content (AvgIpc) is 2.08. The Morgan fingerprint density at radius 1 is 1.40 bits per heavy atom. The minimum atomic E-state index is 0.522. The molecule has 1 aliphatic rings. The van der Waals surface area contributed by atoms with Crippen molar-refractivity contribution in [1.82, 2.24) is 0 Å². The predicted molar refractivity (Wildman–Crippen MR) is 45.9 cm³/mol. The van der Waals surface area contributed by atoms with Gasteiger partial charge in [0.25, 0.3) is 0 Å². The minimum Gasteiger partial charge on any atom is -0.0877 e. The van der Waals surface area contributed by atoms with E-state index in [1.807, 2.05) is 0 Å². The Bertz CT molecular complexity index is 140. The summed E-state index contributed by atoms with van der Waals surface area (Å²) in [5, 5.41) is 0. The summed E-state index contributed by atoms with van der Waals surface area (Å²) in [5.74, 6) is 1.60. The molecule has 0 heterocycles. The van der Waals surface area contributed by atoms with E-state index in [0.29, 0.717) is 5.41 Å². The van der Waals surface area contributed by atoms with Gasteiger partial charge in [0.2, 0.25) is 0 Å². The highest BCUT2D eigenvalue weighted by Crippen LogP contribution is 2.41. The maximum atomic E-state index is 2.38. The van der Waals surface area contributed by atoms with Crippen molar-refractivity contribution in [2.24, 2.45) is 17.3 Å². The summed E-state index contributed by atoms with van der Waals surface area (Å²) in [6.45, 7) is 9.33. The molecule has 0 N–H and O–H groups in total. The van der Waals surface area contributed by atoms with E-state index in [-0.39, 0.29) is 0 Å². The molecule has 0 saturated heterocycles. The monoisotopic (exact) mass is 138 g/mol.